The summed E-state index contributed by atoms with van der Waals surface area (Å²) in [7, 11) is 3.00. The number of nitrogens with one attached hydrogen (secondary N) is 2. The molecule has 0 radical (unpaired) electrons. The predicted octanol–water partition coefficient (Wildman–Crippen LogP) is 1.31. The van der Waals surface area contributed by atoms with Gasteiger partial charge >= 0.3 is 12.0 Å². The third kappa shape index (κ3) is 5.36. The first-order chi connectivity index (χ1) is 9.97. The molecule has 1 unspecified atom stereocenters. The molecule has 0 aromatic heterocycles. The third-order valence-corrected chi connectivity index (χ3v) is 2.63. The van der Waals surface area contributed by atoms with Gasteiger partial charge in [-0.05, 0) is 18.2 Å². The lowest BCUT2D eigenvalue weighted by Gasteiger charge is -2.15. The van der Waals surface area contributed by atoms with Gasteiger partial charge in [0, 0.05) is 26.5 Å². The van der Waals surface area contributed by atoms with Gasteiger partial charge in [0.1, 0.15) is 5.82 Å². The minimum Gasteiger partial charge on any atom is -0.478 e. The smallest absolute Gasteiger partial charge is 0.338 e. The Kier molecular flexibility index (Phi) is 6.57. The molecule has 2 amide bonds. The summed E-state index contributed by atoms with van der Waals surface area (Å²) in [6.07, 6.45) is -0.302. The Morgan fingerprint density at radius 1 is 1.38 bits per heavy atom. The number of ether oxygens (including phenoxy) is 2. The van der Waals surface area contributed by atoms with Gasteiger partial charge in [-0.25, -0.2) is 14.0 Å². The summed E-state index contributed by atoms with van der Waals surface area (Å²) in [5.74, 6) is -2.27. The number of rotatable bonds is 7. The summed E-state index contributed by atoms with van der Waals surface area (Å²) >= 11 is 0. The number of amides is 2. The number of hydrogen-bond donors (Lipinski definition) is 3. The van der Waals surface area contributed by atoms with E-state index in [-0.39, 0.29) is 18.3 Å². The fraction of sp³-hybridized carbons (Fsp3) is 0.385. The SMILES string of the molecule is COCC(CNC(=O)Nc1ccc(F)c(C(=O)O)c1)OC. The van der Waals surface area contributed by atoms with Crippen LogP contribution in [0.3, 0.4) is 0 Å². The lowest BCUT2D eigenvalue weighted by Crippen LogP contribution is -2.38. The second-order valence-corrected chi connectivity index (χ2v) is 4.15. The van der Waals surface area contributed by atoms with Crippen LogP contribution in [0, 0.1) is 5.82 Å². The predicted molar refractivity (Wildman–Crippen MR) is 73.1 cm³/mol. The quantitative estimate of drug-likeness (QED) is 0.705. The van der Waals surface area contributed by atoms with Crippen LogP contribution >= 0.6 is 0 Å². The lowest BCUT2D eigenvalue weighted by molar-refractivity contribution is 0.0307. The maximum absolute atomic E-state index is 13.2. The van der Waals surface area contributed by atoms with E-state index in [2.05, 4.69) is 10.6 Å². The highest BCUT2D eigenvalue weighted by atomic mass is 19.1. The molecule has 3 N–H and O–H groups in total. The Hall–Kier alpha value is -2.19. The molecule has 1 aromatic carbocycles. The molecular weight excluding hydrogens is 283 g/mol. The number of carbonyl (C=O) groups excluding carboxylic acids is 1. The highest BCUT2D eigenvalue weighted by Crippen LogP contribution is 2.14. The van der Waals surface area contributed by atoms with Crippen LogP contribution in [0.1, 0.15) is 10.4 Å². The van der Waals surface area contributed by atoms with Crippen molar-refractivity contribution < 1.29 is 28.6 Å². The standard InChI is InChI=1S/C13H17FN2O5/c1-20-7-9(21-2)6-15-13(19)16-8-3-4-11(14)10(5-8)12(17)18/h3-5,9H,6-7H2,1-2H3,(H,17,18)(H2,15,16,19). The summed E-state index contributed by atoms with van der Waals surface area (Å²) in [5, 5.41) is 13.7. The Bertz CT molecular complexity index is 509. The normalized spacial score (nSPS) is 11.8. The Balaban J connectivity index is 2.59. The van der Waals surface area contributed by atoms with Gasteiger partial charge in [-0.2, -0.15) is 0 Å². The number of carboxylic acids is 1. The first-order valence-electron chi connectivity index (χ1n) is 6.07. The van der Waals surface area contributed by atoms with Gasteiger partial charge in [0.2, 0.25) is 0 Å². The highest BCUT2D eigenvalue weighted by molar-refractivity contribution is 5.93. The number of urea groups is 1. The number of carbonyl (C=O) groups is 2. The number of methoxy groups -OCH3 is 2. The van der Waals surface area contributed by atoms with Crippen molar-refractivity contribution in [3.63, 3.8) is 0 Å². The van der Waals surface area contributed by atoms with E-state index in [1.165, 1.54) is 20.3 Å². The molecule has 21 heavy (non-hydrogen) atoms. The zero-order valence-electron chi connectivity index (χ0n) is 11.7. The van der Waals surface area contributed by atoms with E-state index in [9.17, 15) is 14.0 Å². The molecule has 0 heterocycles. The zero-order chi connectivity index (χ0) is 15.8. The van der Waals surface area contributed by atoms with E-state index in [0.29, 0.717) is 6.61 Å². The van der Waals surface area contributed by atoms with Crippen molar-refractivity contribution in [3.05, 3.63) is 29.6 Å². The first-order valence-corrected chi connectivity index (χ1v) is 6.07. The van der Waals surface area contributed by atoms with Crippen LogP contribution in [0.4, 0.5) is 14.9 Å². The molecule has 0 saturated heterocycles. The van der Waals surface area contributed by atoms with Crippen molar-refractivity contribution in [2.45, 2.75) is 6.10 Å². The zero-order valence-corrected chi connectivity index (χ0v) is 11.7. The summed E-state index contributed by atoms with van der Waals surface area (Å²) in [5.41, 5.74) is -0.339. The van der Waals surface area contributed by atoms with Crippen molar-refractivity contribution in [3.8, 4) is 0 Å². The molecule has 0 fully saturated rings. The topological polar surface area (TPSA) is 96.9 Å². The highest BCUT2D eigenvalue weighted by Gasteiger charge is 2.13. The Labute approximate surface area is 121 Å². The first kappa shape index (κ1) is 16.9. The van der Waals surface area contributed by atoms with Crippen molar-refractivity contribution >= 4 is 17.7 Å². The molecule has 0 spiro atoms. The molecule has 0 aliphatic rings. The van der Waals surface area contributed by atoms with Crippen LogP contribution in [0.5, 0.6) is 0 Å². The van der Waals surface area contributed by atoms with Gasteiger partial charge in [0.05, 0.1) is 18.3 Å². The number of halogens is 1. The minimum absolute atomic E-state index is 0.173. The minimum atomic E-state index is -1.41. The molecule has 7 nitrogen and oxygen atoms in total. The van der Waals surface area contributed by atoms with Crippen LogP contribution < -0.4 is 10.6 Å². The van der Waals surface area contributed by atoms with Crippen LogP contribution in [0.25, 0.3) is 0 Å². The van der Waals surface area contributed by atoms with E-state index in [0.717, 1.165) is 12.1 Å². The number of hydrogen-bond acceptors (Lipinski definition) is 4. The van der Waals surface area contributed by atoms with Crippen LogP contribution in [0.2, 0.25) is 0 Å². The molecule has 0 saturated carbocycles. The van der Waals surface area contributed by atoms with Crippen molar-refractivity contribution in [2.75, 3.05) is 32.7 Å². The lowest BCUT2D eigenvalue weighted by atomic mass is 10.2. The summed E-state index contributed by atoms with van der Waals surface area (Å²) in [4.78, 5) is 22.4. The second-order valence-electron chi connectivity index (χ2n) is 4.15. The number of anilines is 1. The number of aromatic carboxylic acids is 1. The monoisotopic (exact) mass is 300 g/mol. The molecule has 0 aliphatic carbocycles. The summed E-state index contributed by atoms with van der Waals surface area (Å²) in [6.45, 7) is 0.527. The van der Waals surface area contributed by atoms with Crippen molar-refractivity contribution in [1.29, 1.82) is 0 Å². The summed E-state index contributed by atoms with van der Waals surface area (Å²) in [6, 6.07) is 2.73. The van der Waals surface area contributed by atoms with Crippen LogP contribution in [0.15, 0.2) is 18.2 Å². The van der Waals surface area contributed by atoms with Gasteiger partial charge < -0.3 is 25.2 Å². The summed E-state index contributed by atoms with van der Waals surface area (Å²) < 4.78 is 23.2. The average molecular weight is 300 g/mol. The van der Waals surface area contributed by atoms with Crippen LogP contribution in [-0.4, -0.2) is 50.6 Å². The molecule has 1 atom stereocenters. The van der Waals surface area contributed by atoms with E-state index >= 15 is 0 Å². The third-order valence-electron chi connectivity index (χ3n) is 2.63. The molecule has 0 bridgehead atoms. The Morgan fingerprint density at radius 2 is 2.10 bits per heavy atom. The molecule has 116 valence electrons. The fourth-order valence-corrected chi connectivity index (χ4v) is 1.54. The molecule has 0 aliphatic heterocycles. The molecular formula is C13H17FN2O5. The number of carboxylic acid groups (broad SMARTS) is 1. The average Bonchev–Trinajstić information content (AvgIpc) is 2.45. The van der Waals surface area contributed by atoms with Crippen molar-refractivity contribution in [1.82, 2.24) is 5.32 Å². The maximum atomic E-state index is 13.2. The van der Waals surface area contributed by atoms with Crippen LogP contribution in [-0.2, 0) is 9.47 Å². The van der Waals surface area contributed by atoms with E-state index in [4.69, 9.17) is 14.6 Å². The molecule has 1 rings (SSSR count). The number of benzene rings is 1. The van der Waals surface area contributed by atoms with Gasteiger partial charge in [0.15, 0.2) is 0 Å². The molecule has 8 heteroatoms. The van der Waals surface area contributed by atoms with E-state index in [1.54, 1.807) is 0 Å². The van der Waals surface area contributed by atoms with Crippen molar-refractivity contribution in [2.24, 2.45) is 0 Å². The van der Waals surface area contributed by atoms with Gasteiger partial charge in [-0.15, -0.1) is 0 Å². The van der Waals surface area contributed by atoms with Gasteiger partial charge in [-0.1, -0.05) is 0 Å². The fourth-order valence-electron chi connectivity index (χ4n) is 1.54. The van der Waals surface area contributed by atoms with E-state index < -0.39 is 23.4 Å². The molecule has 1 aromatic rings. The van der Waals surface area contributed by atoms with Gasteiger partial charge in [-0.3, -0.25) is 0 Å². The Morgan fingerprint density at radius 3 is 2.67 bits per heavy atom. The van der Waals surface area contributed by atoms with Gasteiger partial charge in [0.25, 0.3) is 0 Å². The second kappa shape index (κ2) is 8.18. The van der Waals surface area contributed by atoms with E-state index in [1.807, 2.05) is 0 Å². The maximum Gasteiger partial charge on any atom is 0.338 e. The largest absolute Gasteiger partial charge is 0.478 e.